The minimum absolute atomic E-state index is 0. The Labute approximate surface area is 193 Å². The Kier molecular flexibility index (Phi) is 5.83. The van der Waals surface area contributed by atoms with Crippen molar-refractivity contribution in [2.75, 3.05) is 11.6 Å². The van der Waals surface area contributed by atoms with E-state index in [1.165, 1.54) is 33.8 Å². The quantitative estimate of drug-likeness (QED) is 0.682. The van der Waals surface area contributed by atoms with E-state index in [9.17, 15) is 9.90 Å². The zero-order chi connectivity index (χ0) is 19.6. The van der Waals surface area contributed by atoms with E-state index in [-0.39, 0.29) is 47.1 Å². The maximum absolute atomic E-state index is 11.1. The standard InChI is InChI=1S/C21H29N3O2S.Na/c1-13-16-17(21(4,5)10-9-20(16,2)3)27-18(13)24(14-6-7-14)15-8-11-23(12-22-15)19(25)26;/h8,11,14H,6-7,9-10,12H2,1-5H3,(H,25,26);/q;+1/p-1. The van der Waals surface area contributed by atoms with Crippen LogP contribution in [0.25, 0.3) is 0 Å². The Morgan fingerprint density at radius 2 is 1.89 bits per heavy atom. The molecule has 1 aromatic rings. The zero-order valence-electron chi connectivity index (χ0n) is 17.8. The SMILES string of the molecule is Cc1c(N(C2=NCN(C(=O)[O-])C=C2)C2CC2)sc2c1C(C)(C)CCC2(C)C.[Na+]. The number of amides is 1. The summed E-state index contributed by atoms with van der Waals surface area (Å²) in [5.41, 5.74) is 3.28. The fourth-order valence-corrected chi connectivity index (χ4v) is 6.06. The summed E-state index contributed by atoms with van der Waals surface area (Å²) in [5, 5.41) is 12.3. The Morgan fingerprint density at radius 1 is 1.25 bits per heavy atom. The molecule has 0 spiro atoms. The summed E-state index contributed by atoms with van der Waals surface area (Å²) in [7, 11) is 0. The molecule has 5 nitrogen and oxygen atoms in total. The Morgan fingerprint density at radius 3 is 2.39 bits per heavy atom. The molecule has 146 valence electrons. The summed E-state index contributed by atoms with van der Waals surface area (Å²) in [6, 6.07) is 0.466. The normalized spacial score (nSPS) is 22.2. The largest absolute Gasteiger partial charge is 1.00 e. The van der Waals surface area contributed by atoms with Gasteiger partial charge in [0.2, 0.25) is 0 Å². The van der Waals surface area contributed by atoms with Crippen molar-refractivity contribution in [1.29, 1.82) is 0 Å². The second-order valence-corrected chi connectivity index (χ2v) is 10.3. The van der Waals surface area contributed by atoms with E-state index in [0.29, 0.717) is 6.04 Å². The van der Waals surface area contributed by atoms with Gasteiger partial charge in [-0.2, -0.15) is 0 Å². The monoisotopic (exact) mass is 409 g/mol. The predicted octanol–water partition coefficient (Wildman–Crippen LogP) is 0.907. The minimum atomic E-state index is -1.21. The second kappa shape index (κ2) is 7.46. The molecule has 2 heterocycles. The van der Waals surface area contributed by atoms with Crippen molar-refractivity contribution in [3.8, 4) is 0 Å². The van der Waals surface area contributed by atoms with Crippen molar-refractivity contribution in [2.45, 2.75) is 77.2 Å². The third-order valence-electron chi connectivity index (χ3n) is 6.19. The maximum atomic E-state index is 11.1. The number of fused-ring (bicyclic) bond motifs is 1. The number of hydrogen-bond donors (Lipinski definition) is 0. The first-order valence-electron chi connectivity index (χ1n) is 9.76. The fourth-order valence-electron chi connectivity index (χ4n) is 4.36. The van der Waals surface area contributed by atoms with Crippen molar-refractivity contribution in [3.63, 3.8) is 0 Å². The van der Waals surface area contributed by atoms with Crippen LogP contribution in [-0.4, -0.2) is 29.5 Å². The number of carbonyl (C=O) groups is 1. The molecule has 1 aliphatic heterocycles. The topological polar surface area (TPSA) is 59.0 Å². The summed E-state index contributed by atoms with van der Waals surface area (Å²) < 4.78 is 0. The molecule has 2 aliphatic carbocycles. The molecule has 1 aromatic heterocycles. The van der Waals surface area contributed by atoms with Crippen LogP contribution in [0.15, 0.2) is 17.3 Å². The van der Waals surface area contributed by atoms with Crippen LogP contribution in [0.5, 0.6) is 0 Å². The number of aliphatic imine (C=N–C) groups is 1. The molecule has 0 atom stereocenters. The van der Waals surface area contributed by atoms with Crippen molar-refractivity contribution >= 4 is 28.3 Å². The number of hydrogen-bond acceptors (Lipinski definition) is 5. The predicted molar refractivity (Wildman–Crippen MR) is 109 cm³/mol. The van der Waals surface area contributed by atoms with Crippen molar-refractivity contribution in [1.82, 2.24) is 4.90 Å². The minimum Gasteiger partial charge on any atom is -0.530 e. The van der Waals surface area contributed by atoms with Gasteiger partial charge in [-0.3, -0.25) is 0 Å². The number of carboxylic acid groups (broad SMARTS) is 1. The first-order chi connectivity index (χ1) is 12.6. The van der Waals surface area contributed by atoms with Gasteiger partial charge >= 0.3 is 29.6 Å². The smallest absolute Gasteiger partial charge is 0.530 e. The molecule has 1 fully saturated rings. The van der Waals surface area contributed by atoms with Crippen LogP contribution in [0.2, 0.25) is 0 Å². The van der Waals surface area contributed by atoms with E-state index in [2.05, 4.69) is 44.5 Å². The molecule has 0 radical (unpaired) electrons. The number of amidine groups is 1. The van der Waals surface area contributed by atoms with Crippen LogP contribution in [0, 0.1) is 6.92 Å². The van der Waals surface area contributed by atoms with Gasteiger partial charge in [-0.05, 0) is 60.6 Å². The van der Waals surface area contributed by atoms with Gasteiger partial charge in [0.25, 0.3) is 0 Å². The number of rotatable bonds is 2. The summed E-state index contributed by atoms with van der Waals surface area (Å²) >= 11 is 1.92. The molecule has 0 bridgehead atoms. The van der Waals surface area contributed by atoms with Crippen molar-refractivity contribution in [2.24, 2.45) is 4.99 Å². The molecule has 0 aromatic carbocycles. The van der Waals surface area contributed by atoms with Crippen LogP contribution in [-0.2, 0) is 10.8 Å². The van der Waals surface area contributed by atoms with Gasteiger partial charge in [0, 0.05) is 17.1 Å². The van der Waals surface area contributed by atoms with Gasteiger partial charge < -0.3 is 19.7 Å². The molecule has 28 heavy (non-hydrogen) atoms. The van der Waals surface area contributed by atoms with E-state index in [1.54, 1.807) is 6.20 Å². The van der Waals surface area contributed by atoms with Gasteiger partial charge in [0.1, 0.15) is 23.6 Å². The van der Waals surface area contributed by atoms with E-state index in [4.69, 9.17) is 0 Å². The van der Waals surface area contributed by atoms with Crippen LogP contribution in [0.4, 0.5) is 9.80 Å². The van der Waals surface area contributed by atoms with Crippen LogP contribution >= 0.6 is 11.3 Å². The molecule has 0 saturated heterocycles. The van der Waals surface area contributed by atoms with Crippen LogP contribution in [0.1, 0.15) is 69.4 Å². The summed E-state index contributed by atoms with van der Waals surface area (Å²) in [6.45, 7) is 11.8. The van der Waals surface area contributed by atoms with Gasteiger partial charge in [0.15, 0.2) is 0 Å². The Balaban J connectivity index is 0.00000225. The maximum Gasteiger partial charge on any atom is 1.00 e. The average Bonchev–Trinajstić information content (AvgIpc) is 3.36. The van der Waals surface area contributed by atoms with Gasteiger partial charge in [-0.15, -0.1) is 11.3 Å². The number of nitrogens with zero attached hydrogens (tertiary/aromatic N) is 3. The number of thiophene rings is 1. The van der Waals surface area contributed by atoms with E-state index in [0.717, 1.165) is 23.6 Å². The van der Waals surface area contributed by atoms with E-state index >= 15 is 0 Å². The van der Waals surface area contributed by atoms with Crippen molar-refractivity contribution in [3.05, 3.63) is 28.3 Å². The average molecular weight is 410 g/mol. The van der Waals surface area contributed by atoms with Gasteiger partial charge in [-0.25, -0.2) is 4.99 Å². The van der Waals surface area contributed by atoms with Crippen molar-refractivity contribution < 1.29 is 39.5 Å². The molecule has 7 heteroatoms. The summed E-state index contributed by atoms with van der Waals surface area (Å²) in [6.07, 6.45) is 6.90. The first-order valence-corrected chi connectivity index (χ1v) is 10.6. The molecule has 0 N–H and O–H groups in total. The fraction of sp³-hybridized carbons (Fsp3) is 0.619. The van der Waals surface area contributed by atoms with Crippen LogP contribution in [0.3, 0.4) is 0 Å². The third-order valence-corrected chi connectivity index (χ3v) is 7.85. The summed E-state index contributed by atoms with van der Waals surface area (Å²) in [5.74, 6) is 0.868. The molecule has 1 saturated carbocycles. The zero-order valence-corrected chi connectivity index (χ0v) is 20.7. The number of carbonyl (C=O) groups excluding carboxylic acids is 1. The molecule has 3 aliphatic rings. The molecule has 1 amide bonds. The number of anilines is 1. The summed E-state index contributed by atoms with van der Waals surface area (Å²) in [4.78, 5) is 20.6. The Hall–Kier alpha value is -0.820. The third kappa shape index (κ3) is 3.69. The molecule has 4 rings (SSSR count). The molecular weight excluding hydrogens is 381 g/mol. The van der Waals surface area contributed by atoms with Gasteiger partial charge in [-0.1, -0.05) is 27.7 Å². The van der Waals surface area contributed by atoms with E-state index in [1.807, 2.05) is 17.4 Å². The molecular formula is C21H28N3NaO2S. The second-order valence-electron chi connectivity index (χ2n) is 9.31. The van der Waals surface area contributed by atoms with E-state index < -0.39 is 6.09 Å². The van der Waals surface area contributed by atoms with Gasteiger partial charge in [0.05, 0.1) is 0 Å². The van der Waals surface area contributed by atoms with Crippen LogP contribution < -0.4 is 39.6 Å². The molecule has 0 unspecified atom stereocenters. The Bertz CT molecular complexity index is 852. The first kappa shape index (κ1) is 21.9.